The van der Waals surface area contributed by atoms with Crippen LogP contribution in [0.25, 0.3) is 0 Å². The molecule has 2 aromatic rings. The van der Waals surface area contributed by atoms with E-state index in [2.05, 4.69) is 31.9 Å². The van der Waals surface area contributed by atoms with Crippen LogP contribution in [0, 0.1) is 5.82 Å². The van der Waals surface area contributed by atoms with Gasteiger partial charge in [-0.2, -0.15) is 0 Å². The van der Waals surface area contributed by atoms with Crippen LogP contribution in [0.1, 0.15) is 24.1 Å². The average molecular weight is 403 g/mol. The molecule has 2 N–H and O–H groups in total. The normalized spacial score (nSPS) is 12.2. The van der Waals surface area contributed by atoms with E-state index in [9.17, 15) is 4.39 Å². The van der Waals surface area contributed by atoms with Gasteiger partial charge in [-0.3, -0.25) is 0 Å². The van der Waals surface area contributed by atoms with Gasteiger partial charge in [-0.1, -0.05) is 37.9 Å². The van der Waals surface area contributed by atoms with Crippen LogP contribution in [0.4, 0.5) is 4.39 Å². The van der Waals surface area contributed by atoms with Gasteiger partial charge in [0.2, 0.25) is 0 Å². The molecule has 0 radical (unpaired) electrons. The number of hydrogen-bond donors (Lipinski definition) is 1. The molecule has 2 aromatic carbocycles. The zero-order valence-electron chi connectivity index (χ0n) is 10.9. The van der Waals surface area contributed by atoms with Gasteiger partial charge in [0.1, 0.15) is 18.2 Å². The Morgan fingerprint density at radius 1 is 1.15 bits per heavy atom. The SMILES string of the molecule is CC(N)c1ccc(Br)cc1OCc1cc(F)cc(Br)c1. The van der Waals surface area contributed by atoms with E-state index in [-0.39, 0.29) is 18.5 Å². The summed E-state index contributed by atoms with van der Waals surface area (Å²) in [5.74, 6) is 0.411. The number of ether oxygens (including phenoxy) is 1. The second kappa shape index (κ2) is 6.70. The smallest absolute Gasteiger partial charge is 0.125 e. The lowest BCUT2D eigenvalue weighted by molar-refractivity contribution is 0.300. The lowest BCUT2D eigenvalue weighted by Crippen LogP contribution is -2.08. The van der Waals surface area contributed by atoms with E-state index >= 15 is 0 Å². The van der Waals surface area contributed by atoms with Gasteiger partial charge in [0.15, 0.2) is 0 Å². The molecule has 0 spiro atoms. The van der Waals surface area contributed by atoms with Crippen LogP contribution in [-0.2, 0) is 6.61 Å². The predicted molar refractivity (Wildman–Crippen MR) is 85.2 cm³/mol. The molecule has 0 aliphatic heterocycles. The molecule has 0 aromatic heterocycles. The van der Waals surface area contributed by atoms with Gasteiger partial charge in [-0.25, -0.2) is 4.39 Å². The van der Waals surface area contributed by atoms with E-state index in [0.29, 0.717) is 10.2 Å². The maximum absolute atomic E-state index is 13.3. The fourth-order valence-corrected chi connectivity index (χ4v) is 2.72. The van der Waals surface area contributed by atoms with Crippen molar-refractivity contribution in [1.29, 1.82) is 0 Å². The van der Waals surface area contributed by atoms with Gasteiger partial charge in [0.05, 0.1) is 0 Å². The minimum absolute atomic E-state index is 0.127. The molecule has 0 bridgehead atoms. The van der Waals surface area contributed by atoms with Gasteiger partial charge in [0.25, 0.3) is 0 Å². The van der Waals surface area contributed by atoms with Crippen molar-refractivity contribution in [3.8, 4) is 5.75 Å². The highest BCUT2D eigenvalue weighted by Gasteiger charge is 2.09. The monoisotopic (exact) mass is 401 g/mol. The molecule has 1 unspecified atom stereocenters. The first-order chi connectivity index (χ1) is 9.45. The van der Waals surface area contributed by atoms with Crippen molar-refractivity contribution in [2.75, 3.05) is 0 Å². The van der Waals surface area contributed by atoms with E-state index in [1.54, 1.807) is 0 Å². The standard InChI is InChI=1S/C15H14Br2FNO/c1-9(19)14-3-2-11(16)7-15(14)20-8-10-4-12(17)6-13(18)5-10/h2-7,9H,8,19H2,1H3. The molecule has 1 atom stereocenters. The van der Waals surface area contributed by atoms with E-state index in [0.717, 1.165) is 15.6 Å². The molecule has 0 saturated carbocycles. The fraction of sp³-hybridized carbons (Fsp3) is 0.200. The lowest BCUT2D eigenvalue weighted by Gasteiger charge is -2.14. The zero-order chi connectivity index (χ0) is 14.7. The minimum atomic E-state index is -0.292. The molecule has 0 aliphatic rings. The first kappa shape index (κ1) is 15.5. The summed E-state index contributed by atoms with van der Waals surface area (Å²) in [5.41, 5.74) is 7.60. The van der Waals surface area contributed by atoms with Crippen molar-refractivity contribution < 1.29 is 9.13 Å². The topological polar surface area (TPSA) is 35.2 Å². The summed E-state index contributed by atoms with van der Waals surface area (Å²) < 4.78 is 20.7. The summed E-state index contributed by atoms with van der Waals surface area (Å²) in [4.78, 5) is 0. The molecule has 0 fully saturated rings. The van der Waals surface area contributed by atoms with E-state index in [4.69, 9.17) is 10.5 Å². The van der Waals surface area contributed by atoms with Gasteiger partial charge >= 0.3 is 0 Å². The molecule has 2 rings (SSSR count). The van der Waals surface area contributed by atoms with Crippen LogP contribution in [0.15, 0.2) is 45.3 Å². The number of rotatable bonds is 4. The molecular weight excluding hydrogens is 389 g/mol. The Morgan fingerprint density at radius 2 is 1.90 bits per heavy atom. The third-order valence-corrected chi connectivity index (χ3v) is 3.73. The molecule has 106 valence electrons. The molecule has 0 saturated heterocycles. The number of hydrogen-bond acceptors (Lipinski definition) is 2. The molecule has 2 nitrogen and oxygen atoms in total. The molecule has 5 heteroatoms. The Balaban J connectivity index is 2.20. The van der Waals surface area contributed by atoms with E-state index < -0.39 is 0 Å². The Morgan fingerprint density at radius 3 is 2.55 bits per heavy atom. The van der Waals surface area contributed by atoms with Crippen LogP contribution < -0.4 is 10.5 Å². The number of benzene rings is 2. The Hall–Kier alpha value is -0.910. The zero-order valence-corrected chi connectivity index (χ0v) is 14.0. The Labute approximate surface area is 134 Å². The van der Waals surface area contributed by atoms with Crippen LogP contribution in [-0.4, -0.2) is 0 Å². The van der Waals surface area contributed by atoms with Crippen LogP contribution in [0.3, 0.4) is 0 Å². The third kappa shape index (κ3) is 4.04. The predicted octanol–water partition coefficient (Wildman–Crippen LogP) is 4.95. The molecule has 0 heterocycles. The first-order valence-electron chi connectivity index (χ1n) is 6.08. The second-order valence-corrected chi connectivity index (χ2v) is 6.37. The Bertz CT molecular complexity index is 597. The van der Waals surface area contributed by atoms with Crippen LogP contribution in [0.5, 0.6) is 5.75 Å². The largest absolute Gasteiger partial charge is 0.489 e. The summed E-state index contributed by atoms with van der Waals surface area (Å²) in [6.45, 7) is 2.18. The van der Waals surface area contributed by atoms with Crippen molar-refractivity contribution >= 4 is 31.9 Å². The average Bonchev–Trinajstić information content (AvgIpc) is 2.35. The number of halogens is 3. The maximum Gasteiger partial charge on any atom is 0.125 e. The van der Waals surface area contributed by atoms with Crippen molar-refractivity contribution in [3.63, 3.8) is 0 Å². The number of nitrogens with two attached hydrogens (primary N) is 1. The van der Waals surface area contributed by atoms with Crippen LogP contribution >= 0.6 is 31.9 Å². The van der Waals surface area contributed by atoms with E-state index in [1.807, 2.05) is 31.2 Å². The summed E-state index contributed by atoms with van der Waals surface area (Å²) in [6.07, 6.45) is 0. The van der Waals surface area contributed by atoms with Crippen molar-refractivity contribution in [3.05, 3.63) is 62.3 Å². The van der Waals surface area contributed by atoms with E-state index in [1.165, 1.54) is 12.1 Å². The summed E-state index contributed by atoms with van der Waals surface area (Å²) in [6, 6.07) is 10.3. The van der Waals surface area contributed by atoms with Crippen molar-refractivity contribution in [2.24, 2.45) is 5.73 Å². The van der Waals surface area contributed by atoms with Gasteiger partial charge in [-0.15, -0.1) is 0 Å². The highest BCUT2D eigenvalue weighted by Crippen LogP contribution is 2.28. The molecule has 20 heavy (non-hydrogen) atoms. The van der Waals surface area contributed by atoms with Gasteiger partial charge in [-0.05, 0) is 42.8 Å². The van der Waals surface area contributed by atoms with Crippen molar-refractivity contribution in [2.45, 2.75) is 19.6 Å². The van der Waals surface area contributed by atoms with Gasteiger partial charge in [0, 0.05) is 20.6 Å². The second-order valence-electron chi connectivity index (χ2n) is 4.54. The van der Waals surface area contributed by atoms with Crippen LogP contribution in [0.2, 0.25) is 0 Å². The summed E-state index contributed by atoms with van der Waals surface area (Å²) in [7, 11) is 0. The summed E-state index contributed by atoms with van der Waals surface area (Å²) in [5, 5.41) is 0. The highest BCUT2D eigenvalue weighted by atomic mass is 79.9. The molecule has 0 aliphatic carbocycles. The maximum atomic E-state index is 13.3. The highest BCUT2D eigenvalue weighted by molar-refractivity contribution is 9.10. The van der Waals surface area contributed by atoms with Crippen molar-refractivity contribution in [1.82, 2.24) is 0 Å². The quantitative estimate of drug-likeness (QED) is 0.785. The fourth-order valence-electron chi connectivity index (χ4n) is 1.86. The first-order valence-corrected chi connectivity index (χ1v) is 7.67. The molecule has 0 amide bonds. The third-order valence-electron chi connectivity index (χ3n) is 2.78. The summed E-state index contributed by atoms with van der Waals surface area (Å²) >= 11 is 6.67. The Kier molecular flexibility index (Phi) is 5.18. The molecular formula is C15H14Br2FNO. The minimum Gasteiger partial charge on any atom is -0.489 e. The lowest BCUT2D eigenvalue weighted by atomic mass is 10.1. The van der Waals surface area contributed by atoms with Gasteiger partial charge < -0.3 is 10.5 Å².